The summed E-state index contributed by atoms with van der Waals surface area (Å²) in [6, 6.07) is 57.2. The van der Waals surface area contributed by atoms with E-state index in [0.29, 0.717) is 0 Å². The molecule has 0 unspecified atom stereocenters. The van der Waals surface area contributed by atoms with Gasteiger partial charge in [-0.1, -0.05) is 115 Å². The van der Waals surface area contributed by atoms with Crippen molar-refractivity contribution in [1.82, 2.24) is 0 Å². The number of para-hydroxylation sites is 3. The van der Waals surface area contributed by atoms with E-state index in [4.69, 9.17) is 4.42 Å². The van der Waals surface area contributed by atoms with Crippen molar-refractivity contribution in [2.24, 2.45) is 0 Å². The Hall–Kier alpha value is -6.00. The molecule has 0 aliphatic carbocycles. The summed E-state index contributed by atoms with van der Waals surface area (Å²) in [5.74, 6) is 0. The average molecular weight is 601 g/mol. The van der Waals surface area contributed by atoms with Crippen molar-refractivity contribution < 1.29 is 4.42 Å². The van der Waals surface area contributed by atoms with Crippen LogP contribution in [0.5, 0.6) is 0 Å². The van der Waals surface area contributed by atoms with E-state index in [0.717, 1.165) is 33.2 Å². The summed E-state index contributed by atoms with van der Waals surface area (Å²) in [5.41, 5.74) is 16.4. The van der Waals surface area contributed by atoms with E-state index in [9.17, 15) is 0 Å². The molecule has 0 spiro atoms. The second-order valence-electron chi connectivity index (χ2n) is 12.6. The van der Waals surface area contributed by atoms with Crippen LogP contribution in [0.2, 0.25) is 0 Å². The van der Waals surface area contributed by atoms with E-state index in [1.807, 2.05) is 6.07 Å². The lowest BCUT2D eigenvalue weighted by molar-refractivity contribution is 0.669. The molecule has 0 saturated carbocycles. The zero-order valence-electron chi connectivity index (χ0n) is 25.9. The Kier molecular flexibility index (Phi) is 5.59. The Morgan fingerprint density at radius 2 is 1.21 bits per heavy atom. The molecule has 220 valence electrons. The molecule has 0 atom stereocenters. The van der Waals surface area contributed by atoms with Crippen molar-refractivity contribution >= 4 is 68.1 Å². The van der Waals surface area contributed by atoms with Gasteiger partial charge in [-0.15, -0.1) is 0 Å². The number of rotatable bonds is 3. The second-order valence-corrected chi connectivity index (χ2v) is 12.6. The van der Waals surface area contributed by atoms with E-state index >= 15 is 0 Å². The molecule has 4 heteroatoms. The number of benzene rings is 7. The molecule has 0 amide bonds. The Bertz CT molecular complexity index is 2500. The molecule has 3 heterocycles. The van der Waals surface area contributed by atoms with Gasteiger partial charge in [-0.05, 0) is 77.5 Å². The van der Waals surface area contributed by atoms with Crippen molar-refractivity contribution in [3.63, 3.8) is 0 Å². The molecular formula is C43H29BN2O. The summed E-state index contributed by atoms with van der Waals surface area (Å²) in [5, 5.41) is 2.27. The van der Waals surface area contributed by atoms with Gasteiger partial charge in [0.2, 0.25) is 0 Å². The highest BCUT2D eigenvalue weighted by atomic mass is 16.3. The van der Waals surface area contributed by atoms with Crippen LogP contribution in [0.15, 0.2) is 162 Å². The first kappa shape index (κ1) is 26.2. The lowest BCUT2D eigenvalue weighted by atomic mass is 9.43. The number of fused-ring (bicyclic) bond motifs is 7. The molecule has 0 fully saturated rings. The van der Waals surface area contributed by atoms with E-state index in [-0.39, 0.29) is 6.85 Å². The first-order valence-corrected chi connectivity index (χ1v) is 16.2. The van der Waals surface area contributed by atoms with Crippen LogP contribution < -0.4 is 20.6 Å². The van der Waals surface area contributed by atoms with Crippen LogP contribution >= 0.6 is 0 Å². The van der Waals surface area contributed by atoms with Crippen molar-refractivity contribution in [1.29, 1.82) is 0 Å². The molecule has 1 aromatic heterocycles. The Morgan fingerprint density at radius 1 is 0.511 bits per heavy atom. The van der Waals surface area contributed by atoms with Gasteiger partial charge in [0.1, 0.15) is 11.2 Å². The summed E-state index contributed by atoms with van der Waals surface area (Å²) in [6.07, 6.45) is 0. The third-order valence-corrected chi connectivity index (χ3v) is 9.92. The van der Waals surface area contributed by atoms with Gasteiger partial charge in [-0.25, -0.2) is 0 Å². The maximum atomic E-state index is 6.44. The minimum absolute atomic E-state index is 0.00455. The SMILES string of the molecule is Cc1ccc(N2B3c4ccccc4N(c4ccc5oc6ccccc6c5c4-c4ccccc4)c4cccc(c43)-c3ccccc32)cc1. The Morgan fingerprint density at radius 3 is 2.09 bits per heavy atom. The van der Waals surface area contributed by atoms with Gasteiger partial charge < -0.3 is 14.1 Å². The van der Waals surface area contributed by atoms with Crippen LogP contribution in [0.3, 0.4) is 0 Å². The van der Waals surface area contributed by atoms with Gasteiger partial charge >= 0.3 is 6.85 Å². The predicted molar refractivity (Wildman–Crippen MR) is 198 cm³/mol. The van der Waals surface area contributed by atoms with E-state index in [2.05, 4.69) is 168 Å². The first-order valence-electron chi connectivity index (χ1n) is 16.2. The fourth-order valence-corrected chi connectivity index (χ4v) is 7.94. The summed E-state index contributed by atoms with van der Waals surface area (Å²) >= 11 is 0. The number of nitrogens with zero attached hydrogens (tertiary/aromatic N) is 2. The van der Waals surface area contributed by atoms with Gasteiger partial charge in [-0.2, -0.15) is 0 Å². The number of hydrogen-bond acceptors (Lipinski definition) is 3. The molecule has 3 nitrogen and oxygen atoms in total. The van der Waals surface area contributed by atoms with Gasteiger partial charge in [-0.3, -0.25) is 0 Å². The lowest BCUT2D eigenvalue weighted by Gasteiger charge is -2.46. The third kappa shape index (κ3) is 3.76. The van der Waals surface area contributed by atoms with E-state index < -0.39 is 0 Å². The Labute approximate surface area is 274 Å². The molecule has 0 saturated heterocycles. The standard InChI is InChI=1S/C43H29BN2O/c1-28-22-24-30(25-23-28)46-35-18-8-5-14-31(35)32-16-11-20-38-43(32)44(46)34-17-7-9-19-36(34)45(38)37-26-27-40-42(33-15-6-10-21-39(33)47-40)41(37)29-12-3-2-4-13-29/h2-27H,1H3. The quantitative estimate of drug-likeness (QED) is 0.188. The fraction of sp³-hybridized carbons (Fsp3) is 0.0233. The molecule has 7 aromatic carbocycles. The molecule has 47 heavy (non-hydrogen) atoms. The van der Waals surface area contributed by atoms with E-state index in [1.165, 1.54) is 55.9 Å². The van der Waals surface area contributed by atoms with Crippen LogP contribution in [0.1, 0.15) is 5.56 Å². The zero-order valence-corrected chi connectivity index (χ0v) is 25.9. The smallest absolute Gasteiger partial charge is 0.333 e. The average Bonchev–Trinajstić information content (AvgIpc) is 3.51. The largest absolute Gasteiger partial charge is 0.456 e. The van der Waals surface area contributed by atoms with Crippen molar-refractivity contribution in [2.45, 2.75) is 6.92 Å². The number of furan rings is 1. The third-order valence-electron chi connectivity index (χ3n) is 9.92. The van der Waals surface area contributed by atoms with Gasteiger partial charge in [0.15, 0.2) is 0 Å². The summed E-state index contributed by atoms with van der Waals surface area (Å²) in [7, 11) is 0. The molecule has 0 bridgehead atoms. The van der Waals surface area contributed by atoms with E-state index in [1.54, 1.807) is 0 Å². The lowest BCUT2D eigenvalue weighted by Crippen LogP contribution is -2.61. The van der Waals surface area contributed by atoms with Gasteiger partial charge in [0.25, 0.3) is 0 Å². The molecule has 0 N–H and O–H groups in total. The van der Waals surface area contributed by atoms with Crippen LogP contribution in [0, 0.1) is 6.92 Å². The molecule has 8 aromatic rings. The van der Waals surface area contributed by atoms with Crippen molar-refractivity contribution in [3.05, 3.63) is 163 Å². The molecule has 2 aliphatic rings. The fourth-order valence-electron chi connectivity index (χ4n) is 7.94. The van der Waals surface area contributed by atoms with Crippen LogP contribution in [-0.4, -0.2) is 6.85 Å². The molecule has 2 aliphatic heterocycles. The molecular weight excluding hydrogens is 571 g/mol. The molecule has 0 radical (unpaired) electrons. The highest BCUT2D eigenvalue weighted by Crippen LogP contribution is 2.50. The number of hydrogen-bond donors (Lipinski definition) is 0. The monoisotopic (exact) mass is 600 g/mol. The first-order chi connectivity index (χ1) is 23.3. The molecule has 10 rings (SSSR count). The summed E-state index contributed by atoms with van der Waals surface area (Å²) in [4.78, 5) is 5.04. The number of aryl methyl sites for hydroxylation is 1. The predicted octanol–water partition coefficient (Wildman–Crippen LogP) is 10.3. The minimum atomic E-state index is 0.00455. The second kappa shape index (κ2) is 10.0. The highest BCUT2D eigenvalue weighted by Gasteiger charge is 2.44. The normalized spacial score (nSPS) is 13.1. The topological polar surface area (TPSA) is 19.6 Å². The van der Waals surface area contributed by atoms with Gasteiger partial charge in [0, 0.05) is 44.6 Å². The van der Waals surface area contributed by atoms with Crippen molar-refractivity contribution in [3.8, 4) is 22.3 Å². The summed E-state index contributed by atoms with van der Waals surface area (Å²) in [6.45, 7) is 2.16. The van der Waals surface area contributed by atoms with Crippen molar-refractivity contribution in [2.75, 3.05) is 9.71 Å². The van der Waals surface area contributed by atoms with Crippen LogP contribution in [-0.2, 0) is 0 Å². The van der Waals surface area contributed by atoms with Crippen LogP contribution in [0.4, 0.5) is 28.4 Å². The Balaban J connectivity index is 1.32. The highest BCUT2D eigenvalue weighted by molar-refractivity contribution is 6.93. The maximum absolute atomic E-state index is 6.44. The zero-order chi connectivity index (χ0) is 31.1. The van der Waals surface area contributed by atoms with Gasteiger partial charge in [0.05, 0.1) is 5.69 Å². The minimum Gasteiger partial charge on any atom is -0.456 e. The van der Waals surface area contributed by atoms with Crippen LogP contribution in [0.25, 0.3) is 44.2 Å². The summed E-state index contributed by atoms with van der Waals surface area (Å²) < 4.78 is 6.44. The maximum Gasteiger partial charge on any atom is 0.333 e. The number of anilines is 5.